The lowest BCUT2D eigenvalue weighted by Gasteiger charge is -2.31. The summed E-state index contributed by atoms with van der Waals surface area (Å²) in [6.45, 7) is 11.1. The van der Waals surface area contributed by atoms with Gasteiger partial charge in [0.15, 0.2) is 0 Å². The van der Waals surface area contributed by atoms with Crippen LogP contribution < -0.4 is 5.32 Å². The fraction of sp³-hybridized carbons (Fsp3) is 0.846. The van der Waals surface area contributed by atoms with Crippen molar-refractivity contribution in [2.45, 2.75) is 53.1 Å². The van der Waals surface area contributed by atoms with E-state index in [9.17, 15) is 0 Å². The van der Waals surface area contributed by atoms with Crippen LogP contribution in [-0.2, 0) is 6.54 Å². The molecule has 5 heteroatoms. The third-order valence-electron chi connectivity index (χ3n) is 3.19. The van der Waals surface area contributed by atoms with Gasteiger partial charge in [0.2, 0.25) is 0 Å². The van der Waals surface area contributed by atoms with Crippen LogP contribution >= 0.6 is 11.5 Å². The van der Waals surface area contributed by atoms with Crippen molar-refractivity contribution in [3.05, 3.63) is 5.69 Å². The molecule has 0 spiro atoms. The van der Waals surface area contributed by atoms with Crippen molar-refractivity contribution in [3.8, 4) is 0 Å². The first-order chi connectivity index (χ1) is 8.62. The summed E-state index contributed by atoms with van der Waals surface area (Å²) >= 11 is 1.44. The number of aromatic nitrogens is 2. The highest BCUT2D eigenvalue weighted by Gasteiger charge is 2.19. The third-order valence-corrected chi connectivity index (χ3v) is 3.98. The average molecular weight is 270 g/mol. The number of nitrogens with one attached hydrogen (secondary N) is 1. The molecule has 0 saturated heterocycles. The monoisotopic (exact) mass is 270 g/mol. The smallest absolute Gasteiger partial charge is 0.134 e. The van der Waals surface area contributed by atoms with E-state index in [4.69, 9.17) is 0 Å². The van der Waals surface area contributed by atoms with E-state index in [1.807, 2.05) is 7.05 Å². The zero-order valence-electron chi connectivity index (χ0n) is 12.2. The number of nitrogens with zero attached hydrogens (tertiary/aromatic N) is 3. The second kappa shape index (κ2) is 7.69. The highest BCUT2D eigenvalue weighted by molar-refractivity contribution is 7.10. The summed E-state index contributed by atoms with van der Waals surface area (Å²) in [5.74, 6) is 0.676. The van der Waals surface area contributed by atoms with Crippen LogP contribution in [0.25, 0.3) is 0 Å². The molecule has 0 aliphatic heterocycles. The summed E-state index contributed by atoms with van der Waals surface area (Å²) in [5.41, 5.74) is 1.08. The van der Waals surface area contributed by atoms with Crippen molar-refractivity contribution in [2.24, 2.45) is 5.92 Å². The fourth-order valence-corrected chi connectivity index (χ4v) is 2.83. The van der Waals surface area contributed by atoms with Gasteiger partial charge in [-0.15, -0.1) is 5.10 Å². The van der Waals surface area contributed by atoms with E-state index in [0.29, 0.717) is 12.0 Å². The zero-order valence-corrected chi connectivity index (χ0v) is 13.0. The van der Waals surface area contributed by atoms with Crippen LogP contribution in [-0.4, -0.2) is 34.1 Å². The SMILES string of the molecule is CCC(CC)N(Cc1nnsc1NC)CC(C)C. The standard InChI is InChI=1S/C13H26N4S/c1-6-11(7-2)17(8-10(3)4)9-12-13(14-5)18-16-15-12/h10-11,14H,6-9H2,1-5H3. The maximum atomic E-state index is 4.25. The lowest BCUT2D eigenvalue weighted by Crippen LogP contribution is -2.37. The molecule has 1 heterocycles. The van der Waals surface area contributed by atoms with Gasteiger partial charge in [0.25, 0.3) is 0 Å². The number of hydrogen-bond donors (Lipinski definition) is 1. The predicted octanol–water partition coefficient (Wildman–Crippen LogP) is 3.23. The molecule has 0 amide bonds. The molecule has 1 rings (SSSR count). The lowest BCUT2D eigenvalue weighted by atomic mass is 10.1. The van der Waals surface area contributed by atoms with Gasteiger partial charge in [0.05, 0.1) is 0 Å². The molecule has 0 unspecified atom stereocenters. The molecule has 0 saturated carbocycles. The molecule has 0 radical (unpaired) electrons. The van der Waals surface area contributed by atoms with E-state index < -0.39 is 0 Å². The van der Waals surface area contributed by atoms with Crippen molar-refractivity contribution in [3.63, 3.8) is 0 Å². The molecule has 4 nitrogen and oxygen atoms in total. The van der Waals surface area contributed by atoms with Crippen LogP contribution in [0.1, 0.15) is 46.2 Å². The molecule has 1 aromatic heterocycles. The van der Waals surface area contributed by atoms with Crippen molar-refractivity contribution >= 4 is 16.5 Å². The minimum absolute atomic E-state index is 0.638. The quantitative estimate of drug-likeness (QED) is 0.787. The lowest BCUT2D eigenvalue weighted by molar-refractivity contribution is 0.156. The Morgan fingerprint density at radius 1 is 1.28 bits per heavy atom. The van der Waals surface area contributed by atoms with Crippen molar-refractivity contribution < 1.29 is 0 Å². The summed E-state index contributed by atoms with van der Waals surface area (Å²) in [6, 6.07) is 0.638. The predicted molar refractivity (Wildman–Crippen MR) is 79.1 cm³/mol. The second-order valence-corrected chi connectivity index (χ2v) is 5.85. The number of hydrogen-bond acceptors (Lipinski definition) is 5. The Hall–Kier alpha value is -0.680. The van der Waals surface area contributed by atoms with Gasteiger partial charge in [0, 0.05) is 37.7 Å². The Labute approximate surface area is 115 Å². The summed E-state index contributed by atoms with van der Waals surface area (Å²) in [4.78, 5) is 2.54. The van der Waals surface area contributed by atoms with Gasteiger partial charge >= 0.3 is 0 Å². The van der Waals surface area contributed by atoms with E-state index in [1.165, 1.54) is 24.4 Å². The Morgan fingerprint density at radius 3 is 2.44 bits per heavy atom. The van der Waals surface area contributed by atoms with Gasteiger partial charge in [-0.05, 0) is 18.8 Å². The Morgan fingerprint density at radius 2 is 1.94 bits per heavy atom. The molecule has 0 aliphatic carbocycles. The molecular formula is C13H26N4S. The largest absolute Gasteiger partial charge is 0.377 e. The first-order valence-corrected chi connectivity index (χ1v) is 7.62. The first-order valence-electron chi connectivity index (χ1n) is 6.85. The summed E-state index contributed by atoms with van der Waals surface area (Å²) in [5, 5.41) is 8.52. The molecule has 0 atom stereocenters. The molecule has 104 valence electrons. The molecule has 0 fully saturated rings. The van der Waals surface area contributed by atoms with Gasteiger partial charge in [-0.25, -0.2) is 0 Å². The van der Waals surface area contributed by atoms with Gasteiger partial charge in [0.1, 0.15) is 10.7 Å². The van der Waals surface area contributed by atoms with Crippen LogP contribution in [0.3, 0.4) is 0 Å². The zero-order chi connectivity index (χ0) is 13.5. The van der Waals surface area contributed by atoms with Gasteiger partial charge in [-0.2, -0.15) is 0 Å². The maximum Gasteiger partial charge on any atom is 0.134 e. The van der Waals surface area contributed by atoms with Crippen LogP contribution in [0, 0.1) is 5.92 Å². The Bertz CT molecular complexity index is 333. The molecule has 1 aromatic rings. The highest BCUT2D eigenvalue weighted by atomic mass is 32.1. The van der Waals surface area contributed by atoms with Gasteiger partial charge in [-0.3, -0.25) is 4.90 Å². The van der Waals surface area contributed by atoms with Crippen LogP contribution in [0.5, 0.6) is 0 Å². The minimum Gasteiger partial charge on any atom is -0.377 e. The summed E-state index contributed by atoms with van der Waals surface area (Å²) in [6.07, 6.45) is 2.38. The summed E-state index contributed by atoms with van der Waals surface area (Å²) in [7, 11) is 1.93. The summed E-state index contributed by atoms with van der Waals surface area (Å²) < 4.78 is 4.04. The Balaban J connectivity index is 2.77. The third kappa shape index (κ3) is 4.21. The topological polar surface area (TPSA) is 41.1 Å². The molecular weight excluding hydrogens is 244 g/mol. The molecule has 18 heavy (non-hydrogen) atoms. The van der Waals surface area contributed by atoms with Gasteiger partial charge in [-0.1, -0.05) is 32.2 Å². The molecule has 0 aliphatic rings. The van der Waals surface area contributed by atoms with E-state index in [1.54, 1.807) is 0 Å². The number of anilines is 1. The van der Waals surface area contributed by atoms with E-state index in [0.717, 1.165) is 23.8 Å². The van der Waals surface area contributed by atoms with Gasteiger partial charge < -0.3 is 5.32 Å². The maximum absolute atomic E-state index is 4.25. The van der Waals surface area contributed by atoms with E-state index >= 15 is 0 Å². The van der Waals surface area contributed by atoms with Crippen LogP contribution in [0.4, 0.5) is 5.00 Å². The van der Waals surface area contributed by atoms with Crippen molar-refractivity contribution in [1.82, 2.24) is 14.5 Å². The van der Waals surface area contributed by atoms with Crippen molar-refractivity contribution in [1.29, 1.82) is 0 Å². The molecule has 1 N–H and O–H groups in total. The first kappa shape index (κ1) is 15.4. The molecule has 0 bridgehead atoms. The normalized spacial score (nSPS) is 11.8. The van der Waals surface area contributed by atoms with Crippen LogP contribution in [0.2, 0.25) is 0 Å². The molecule has 0 aromatic carbocycles. The van der Waals surface area contributed by atoms with E-state index in [-0.39, 0.29) is 0 Å². The average Bonchev–Trinajstić information content (AvgIpc) is 2.77. The van der Waals surface area contributed by atoms with E-state index in [2.05, 4.69) is 47.5 Å². The van der Waals surface area contributed by atoms with Crippen molar-refractivity contribution in [2.75, 3.05) is 18.9 Å². The Kier molecular flexibility index (Phi) is 6.57. The second-order valence-electron chi connectivity index (χ2n) is 5.09. The minimum atomic E-state index is 0.638. The fourth-order valence-electron chi connectivity index (χ4n) is 2.31. The van der Waals surface area contributed by atoms with Crippen LogP contribution in [0.15, 0.2) is 0 Å². The highest BCUT2D eigenvalue weighted by Crippen LogP contribution is 2.21. The number of rotatable bonds is 8.